The van der Waals surface area contributed by atoms with Crippen molar-refractivity contribution in [3.63, 3.8) is 0 Å². The van der Waals surface area contributed by atoms with Gasteiger partial charge in [0.25, 0.3) is 5.91 Å². The summed E-state index contributed by atoms with van der Waals surface area (Å²) in [7, 11) is 0. The highest BCUT2D eigenvalue weighted by Gasteiger charge is 2.37. The highest BCUT2D eigenvalue weighted by Crippen LogP contribution is 2.20. The summed E-state index contributed by atoms with van der Waals surface area (Å²) in [5.41, 5.74) is -2.99. The lowest BCUT2D eigenvalue weighted by Gasteiger charge is -2.29. The van der Waals surface area contributed by atoms with Gasteiger partial charge in [-0.2, -0.15) is 9.89 Å². The van der Waals surface area contributed by atoms with Gasteiger partial charge in [-0.1, -0.05) is 12.1 Å². The summed E-state index contributed by atoms with van der Waals surface area (Å²) in [4.78, 5) is 94.4. The second-order valence-corrected chi connectivity index (χ2v) is 14.6. The zero-order valence-electron chi connectivity index (χ0n) is 32.5. The van der Waals surface area contributed by atoms with Gasteiger partial charge < -0.3 is 33.7 Å². The molecule has 1 N–H and O–H groups in total. The summed E-state index contributed by atoms with van der Waals surface area (Å²) in [6.07, 6.45) is -3.54. The van der Waals surface area contributed by atoms with E-state index in [-0.39, 0.29) is 35.7 Å². The Morgan fingerprint density at radius 1 is 0.685 bits per heavy atom. The number of ketones is 1. The molecular formula is C38H49N3O13. The van der Waals surface area contributed by atoms with Crippen molar-refractivity contribution >= 4 is 47.7 Å². The maximum absolute atomic E-state index is 13.5. The molecule has 0 aliphatic carbocycles. The first-order valence-corrected chi connectivity index (χ1v) is 16.9. The van der Waals surface area contributed by atoms with Crippen molar-refractivity contribution in [1.29, 1.82) is 0 Å². The number of esters is 2. The summed E-state index contributed by atoms with van der Waals surface area (Å²) in [6.45, 7) is 16.4. The van der Waals surface area contributed by atoms with Gasteiger partial charge in [-0.25, -0.2) is 19.2 Å². The van der Waals surface area contributed by atoms with Gasteiger partial charge in [0, 0.05) is 23.6 Å². The first-order chi connectivity index (χ1) is 24.9. The summed E-state index contributed by atoms with van der Waals surface area (Å²) < 4.78 is 31.5. The zero-order valence-corrected chi connectivity index (χ0v) is 32.5. The highest BCUT2D eigenvalue weighted by atomic mass is 16.6. The van der Waals surface area contributed by atoms with E-state index >= 15 is 0 Å². The van der Waals surface area contributed by atoms with E-state index in [0.29, 0.717) is 4.90 Å². The maximum Gasteiger partial charge on any atom is 0.436 e. The van der Waals surface area contributed by atoms with Crippen LogP contribution in [0, 0.1) is 0 Å². The first-order valence-electron chi connectivity index (χ1n) is 16.9. The van der Waals surface area contributed by atoms with Crippen LogP contribution in [0.25, 0.3) is 0 Å². The van der Waals surface area contributed by atoms with Crippen molar-refractivity contribution < 1.29 is 62.0 Å². The summed E-state index contributed by atoms with van der Waals surface area (Å²) in [5.74, 6) is -2.85. The first kappa shape index (κ1) is 44.4. The van der Waals surface area contributed by atoms with Gasteiger partial charge in [0.2, 0.25) is 0 Å². The monoisotopic (exact) mass is 755 g/mol. The van der Waals surface area contributed by atoms with Gasteiger partial charge in [0.1, 0.15) is 35.2 Å². The standard InChI is InChI=1S/C38H49N3O13/c1-12-49-29(43)22-51-27-19-17-24(18-20-27)30(44)28(21-50-23(2)42)39-32(45)26-15-13-25(14-16-26)31(40-33(46)52-36(3,4)5)41(34(47)53-37(6,7)8)35(48)54-38(9,10)11/h13-20,28H,12,21-22H2,1-11H3,(H,39,45)/b40-31+/t28-/m0/s1. The van der Waals surface area contributed by atoms with E-state index in [1.165, 1.54) is 48.5 Å². The molecule has 0 aliphatic heterocycles. The normalized spacial score (nSPS) is 12.4. The number of imide groups is 1. The van der Waals surface area contributed by atoms with Gasteiger partial charge in [-0.3, -0.25) is 14.4 Å². The van der Waals surface area contributed by atoms with E-state index in [9.17, 15) is 33.6 Å². The second-order valence-electron chi connectivity index (χ2n) is 14.6. The highest BCUT2D eigenvalue weighted by molar-refractivity contribution is 6.18. The van der Waals surface area contributed by atoms with Crippen molar-refractivity contribution in [2.24, 2.45) is 4.99 Å². The quantitative estimate of drug-likeness (QED) is 0.0917. The summed E-state index contributed by atoms with van der Waals surface area (Å²) in [5, 5.41) is 2.55. The Kier molecular flexibility index (Phi) is 15.4. The van der Waals surface area contributed by atoms with E-state index in [2.05, 4.69) is 10.3 Å². The third-order valence-electron chi connectivity index (χ3n) is 6.24. The smallest absolute Gasteiger partial charge is 0.436 e. The van der Waals surface area contributed by atoms with Crippen LogP contribution in [-0.4, -0.2) is 95.3 Å². The number of nitrogens with one attached hydrogen (secondary N) is 1. The molecule has 2 aromatic rings. The second kappa shape index (κ2) is 18.8. The molecule has 0 spiro atoms. The number of nitrogens with zero attached hydrogens (tertiary/aromatic N) is 2. The number of ether oxygens (including phenoxy) is 6. The van der Waals surface area contributed by atoms with Crippen molar-refractivity contribution in [2.45, 2.75) is 99.0 Å². The lowest BCUT2D eigenvalue weighted by molar-refractivity contribution is -0.145. The predicted molar refractivity (Wildman–Crippen MR) is 194 cm³/mol. The summed E-state index contributed by atoms with van der Waals surface area (Å²) >= 11 is 0. The number of hydrogen-bond acceptors (Lipinski definition) is 13. The SMILES string of the molecule is CCOC(=O)COc1ccc(C(=O)[C@H](COC(C)=O)NC(=O)c2ccc(/C(=N\C(=O)OC(C)(C)C)N(C(=O)OC(C)(C)C)C(=O)OC(C)(C)C)cc2)cc1. The minimum absolute atomic E-state index is 0.000192. The molecule has 0 saturated heterocycles. The van der Waals surface area contributed by atoms with Crippen LogP contribution in [0.15, 0.2) is 53.5 Å². The molecule has 16 nitrogen and oxygen atoms in total. The fourth-order valence-corrected chi connectivity index (χ4v) is 4.13. The largest absolute Gasteiger partial charge is 0.482 e. The molecule has 54 heavy (non-hydrogen) atoms. The molecular weight excluding hydrogens is 706 g/mol. The van der Waals surface area contributed by atoms with Crippen LogP contribution < -0.4 is 10.1 Å². The molecule has 0 aliphatic rings. The third kappa shape index (κ3) is 15.4. The topological polar surface area (TPSA) is 202 Å². The van der Waals surface area contributed by atoms with Crippen LogP contribution in [0.2, 0.25) is 0 Å². The summed E-state index contributed by atoms with van der Waals surface area (Å²) in [6, 6.07) is 9.59. The fourth-order valence-electron chi connectivity index (χ4n) is 4.13. The Labute approximate surface area is 314 Å². The molecule has 0 bridgehead atoms. The van der Waals surface area contributed by atoms with Crippen molar-refractivity contribution in [2.75, 3.05) is 19.8 Å². The fraction of sp³-hybridized carbons (Fsp3) is 0.474. The molecule has 294 valence electrons. The average molecular weight is 756 g/mol. The maximum atomic E-state index is 13.5. The van der Waals surface area contributed by atoms with Gasteiger partial charge in [0.05, 0.1) is 6.61 Å². The van der Waals surface area contributed by atoms with E-state index in [1.807, 2.05) is 0 Å². The molecule has 4 amide bonds. The number of rotatable bonds is 11. The minimum Gasteiger partial charge on any atom is -0.482 e. The lowest BCUT2D eigenvalue weighted by Crippen LogP contribution is -2.47. The average Bonchev–Trinajstić information content (AvgIpc) is 3.03. The Morgan fingerprint density at radius 3 is 1.63 bits per heavy atom. The van der Waals surface area contributed by atoms with Crippen molar-refractivity contribution in [3.05, 3.63) is 65.2 Å². The Bertz CT molecular complexity index is 1680. The molecule has 16 heteroatoms. The molecule has 0 aromatic heterocycles. The van der Waals surface area contributed by atoms with Crippen LogP contribution in [0.4, 0.5) is 14.4 Å². The van der Waals surface area contributed by atoms with E-state index in [1.54, 1.807) is 69.2 Å². The van der Waals surface area contributed by atoms with E-state index in [4.69, 9.17) is 28.4 Å². The van der Waals surface area contributed by atoms with Crippen LogP contribution in [0.1, 0.15) is 102 Å². The third-order valence-corrected chi connectivity index (χ3v) is 6.24. The Morgan fingerprint density at radius 2 is 1.17 bits per heavy atom. The number of Topliss-reactive ketones (excluding diaryl/α,β-unsaturated/α-hetero) is 1. The molecule has 0 heterocycles. The molecule has 2 rings (SSSR count). The zero-order chi connectivity index (χ0) is 41.0. The number of carbonyl (C=O) groups is 7. The number of amidine groups is 1. The van der Waals surface area contributed by atoms with Gasteiger partial charge in [-0.05, 0) is 106 Å². The van der Waals surface area contributed by atoms with Crippen LogP contribution in [0.5, 0.6) is 5.75 Å². The Hall–Kier alpha value is -5.80. The van der Waals surface area contributed by atoms with E-state index in [0.717, 1.165) is 6.92 Å². The molecule has 0 radical (unpaired) electrons. The van der Waals surface area contributed by atoms with Gasteiger partial charge >= 0.3 is 30.2 Å². The van der Waals surface area contributed by atoms with Crippen LogP contribution in [-0.2, 0) is 33.3 Å². The van der Waals surface area contributed by atoms with Crippen LogP contribution in [0.3, 0.4) is 0 Å². The molecule has 1 atom stereocenters. The number of amides is 4. The van der Waals surface area contributed by atoms with Crippen molar-refractivity contribution in [3.8, 4) is 5.75 Å². The van der Waals surface area contributed by atoms with Crippen molar-refractivity contribution in [1.82, 2.24) is 10.2 Å². The number of carbonyl (C=O) groups excluding carboxylic acids is 7. The van der Waals surface area contributed by atoms with Gasteiger partial charge in [-0.15, -0.1) is 0 Å². The van der Waals surface area contributed by atoms with Crippen LogP contribution >= 0.6 is 0 Å². The number of benzene rings is 2. The number of aliphatic imine (C=N–C) groups is 1. The molecule has 0 fully saturated rings. The number of hydrogen-bond donors (Lipinski definition) is 1. The van der Waals surface area contributed by atoms with E-state index < -0.39 is 77.2 Å². The lowest BCUT2D eigenvalue weighted by atomic mass is 10.0. The molecule has 0 saturated carbocycles. The van der Waals surface area contributed by atoms with Gasteiger partial charge in [0.15, 0.2) is 18.2 Å². The molecule has 2 aromatic carbocycles. The predicted octanol–water partition coefficient (Wildman–Crippen LogP) is 6.03. The minimum atomic E-state index is -1.33. The Balaban J connectivity index is 2.49. The molecule has 0 unspecified atom stereocenters.